The largest absolute Gasteiger partial charge is 0.353 e. The Bertz CT molecular complexity index is 965. The quantitative estimate of drug-likeness (QED) is 0.701. The van der Waals surface area contributed by atoms with Crippen LogP contribution in [0.2, 0.25) is 0 Å². The highest BCUT2D eigenvalue weighted by Gasteiger charge is 2.22. The lowest BCUT2D eigenvalue weighted by molar-refractivity contribution is -0.129. The van der Waals surface area contributed by atoms with Crippen LogP contribution in [0.4, 0.5) is 5.82 Å². The summed E-state index contributed by atoms with van der Waals surface area (Å²) in [7, 11) is 3.60. The average molecular weight is 375 g/mol. The Kier molecular flexibility index (Phi) is 5.21. The van der Waals surface area contributed by atoms with Crippen molar-refractivity contribution in [2.75, 3.05) is 51.7 Å². The zero-order chi connectivity index (χ0) is 19.5. The molecule has 0 spiro atoms. The molecule has 28 heavy (non-hydrogen) atoms. The molecule has 2 heterocycles. The maximum Gasteiger partial charge on any atom is 0.236 e. The van der Waals surface area contributed by atoms with Gasteiger partial charge in [0.2, 0.25) is 5.91 Å². The number of anilines is 1. The van der Waals surface area contributed by atoms with Crippen LogP contribution in [0.5, 0.6) is 0 Å². The molecule has 0 bridgehead atoms. The molecular weight excluding hydrogens is 350 g/mol. The van der Waals surface area contributed by atoms with Crippen LogP contribution in [0.1, 0.15) is 0 Å². The number of nitrogens with zero attached hydrogens (tertiary/aromatic N) is 5. The third-order valence-electron chi connectivity index (χ3n) is 5.14. The molecule has 144 valence electrons. The second-order valence-corrected chi connectivity index (χ2v) is 7.31. The zero-order valence-electron chi connectivity index (χ0n) is 16.4. The minimum atomic E-state index is 0.146. The van der Waals surface area contributed by atoms with E-state index in [4.69, 9.17) is 9.97 Å². The van der Waals surface area contributed by atoms with Gasteiger partial charge in [0.05, 0.1) is 12.1 Å². The summed E-state index contributed by atoms with van der Waals surface area (Å²) in [6, 6.07) is 18.3. The molecule has 2 aromatic carbocycles. The van der Waals surface area contributed by atoms with Gasteiger partial charge < -0.3 is 9.80 Å². The molecule has 0 saturated carbocycles. The molecule has 6 nitrogen and oxygen atoms in total. The maximum absolute atomic E-state index is 12.0. The fourth-order valence-electron chi connectivity index (χ4n) is 3.47. The van der Waals surface area contributed by atoms with E-state index < -0.39 is 0 Å². The van der Waals surface area contributed by atoms with E-state index in [1.807, 2.05) is 48.5 Å². The molecule has 0 N–H and O–H groups in total. The van der Waals surface area contributed by atoms with Crippen LogP contribution in [0, 0.1) is 0 Å². The first-order chi connectivity index (χ1) is 13.6. The number of aromatic nitrogens is 2. The molecule has 3 aromatic rings. The van der Waals surface area contributed by atoms with Crippen molar-refractivity contribution in [1.82, 2.24) is 19.8 Å². The molecule has 1 amide bonds. The van der Waals surface area contributed by atoms with E-state index in [0.29, 0.717) is 6.54 Å². The minimum Gasteiger partial charge on any atom is -0.353 e. The maximum atomic E-state index is 12.0. The summed E-state index contributed by atoms with van der Waals surface area (Å²) in [5.74, 6) is 1.87. The number of fused-ring (bicyclic) bond motifs is 1. The predicted molar refractivity (Wildman–Crippen MR) is 112 cm³/mol. The monoisotopic (exact) mass is 375 g/mol. The smallest absolute Gasteiger partial charge is 0.236 e. The molecule has 0 unspecified atom stereocenters. The Hall–Kier alpha value is -2.99. The van der Waals surface area contributed by atoms with Crippen LogP contribution in [0.15, 0.2) is 54.6 Å². The third-order valence-corrected chi connectivity index (χ3v) is 5.14. The lowest BCUT2D eigenvalue weighted by Gasteiger charge is -2.36. The summed E-state index contributed by atoms with van der Waals surface area (Å²) < 4.78 is 0. The molecule has 1 aromatic heterocycles. The number of carbonyl (C=O) groups is 1. The number of hydrogen-bond acceptors (Lipinski definition) is 5. The summed E-state index contributed by atoms with van der Waals surface area (Å²) >= 11 is 0. The molecule has 0 atom stereocenters. The average Bonchev–Trinajstić information content (AvgIpc) is 2.74. The number of benzene rings is 2. The fraction of sp³-hybridized carbons (Fsp3) is 0.318. The third kappa shape index (κ3) is 3.82. The van der Waals surface area contributed by atoms with Crippen LogP contribution < -0.4 is 4.90 Å². The molecule has 0 aliphatic carbocycles. The van der Waals surface area contributed by atoms with Crippen molar-refractivity contribution < 1.29 is 4.79 Å². The van der Waals surface area contributed by atoms with E-state index in [1.165, 1.54) is 0 Å². The number of carbonyl (C=O) groups excluding carboxylic acids is 1. The van der Waals surface area contributed by atoms with E-state index in [0.717, 1.165) is 54.3 Å². The van der Waals surface area contributed by atoms with E-state index in [9.17, 15) is 4.79 Å². The standard InChI is InChI=1S/C22H25N5O/c1-25(2)20(28)16-26-12-14-27(15-13-26)22-18-10-6-7-11-19(18)23-21(24-22)17-8-4-3-5-9-17/h3-11H,12-16H2,1-2H3. The summed E-state index contributed by atoms with van der Waals surface area (Å²) in [5, 5.41) is 1.07. The summed E-state index contributed by atoms with van der Waals surface area (Å²) in [6.45, 7) is 3.85. The topological polar surface area (TPSA) is 52.6 Å². The van der Waals surface area contributed by atoms with Gasteiger partial charge in [0, 0.05) is 51.2 Å². The molecule has 1 saturated heterocycles. The SMILES string of the molecule is CN(C)C(=O)CN1CCN(c2nc(-c3ccccc3)nc3ccccc23)CC1. The molecular formula is C22H25N5O. The number of hydrogen-bond donors (Lipinski definition) is 0. The van der Waals surface area contributed by atoms with Crippen LogP contribution in [-0.4, -0.2) is 72.5 Å². The van der Waals surface area contributed by atoms with Crippen LogP contribution in [0.25, 0.3) is 22.3 Å². The van der Waals surface area contributed by atoms with E-state index >= 15 is 0 Å². The number of piperazine rings is 1. The normalized spacial score (nSPS) is 15.0. The van der Waals surface area contributed by atoms with Crippen LogP contribution >= 0.6 is 0 Å². The van der Waals surface area contributed by atoms with Crippen LogP contribution in [-0.2, 0) is 4.79 Å². The Morgan fingerprint density at radius 1 is 0.929 bits per heavy atom. The minimum absolute atomic E-state index is 0.146. The first-order valence-corrected chi connectivity index (χ1v) is 9.61. The van der Waals surface area contributed by atoms with Gasteiger partial charge in [-0.05, 0) is 12.1 Å². The van der Waals surface area contributed by atoms with Gasteiger partial charge in [0.25, 0.3) is 0 Å². The summed E-state index contributed by atoms with van der Waals surface area (Å²) in [6.07, 6.45) is 0. The Morgan fingerprint density at radius 2 is 1.61 bits per heavy atom. The van der Waals surface area contributed by atoms with Crippen molar-refractivity contribution in [2.45, 2.75) is 0 Å². The number of para-hydroxylation sites is 1. The van der Waals surface area contributed by atoms with Gasteiger partial charge in [-0.1, -0.05) is 42.5 Å². The van der Waals surface area contributed by atoms with Crippen molar-refractivity contribution in [3.63, 3.8) is 0 Å². The van der Waals surface area contributed by atoms with Crippen molar-refractivity contribution in [2.24, 2.45) is 0 Å². The lowest BCUT2D eigenvalue weighted by atomic mass is 10.1. The fourth-order valence-corrected chi connectivity index (χ4v) is 3.47. The molecule has 4 rings (SSSR count). The van der Waals surface area contributed by atoms with Gasteiger partial charge in [-0.2, -0.15) is 0 Å². The summed E-state index contributed by atoms with van der Waals surface area (Å²) in [4.78, 5) is 27.9. The van der Waals surface area contributed by atoms with Gasteiger partial charge in [0.15, 0.2) is 5.82 Å². The van der Waals surface area contributed by atoms with Crippen molar-refractivity contribution in [3.05, 3.63) is 54.6 Å². The zero-order valence-corrected chi connectivity index (χ0v) is 16.4. The Labute approximate surface area is 165 Å². The second-order valence-electron chi connectivity index (χ2n) is 7.31. The number of likely N-dealkylation sites (N-methyl/N-ethyl adjacent to an activating group) is 1. The molecule has 1 aliphatic heterocycles. The van der Waals surface area contributed by atoms with E-state index in [1.54, 1.807) is 19.0 Å². The first-order valence-electron chi connectivity index (χ1n) is 9.61. The van der Waals surface area contributed by atoms with E-state index in [2.05, 4.69) is 15.9 Å². The van der Waals surface area contributed by atoms with Crippen molar-refractivity contribution in [1.29, 1.82) is 0 Å². The first kappa shape index (κ1) is 18.4. The van der Waals surface area contributed by atoms with Gasteiger partial charge >= 0.3 is 0 Å². The van der Waals surface area contributed by atoms with Gasteiger partial charge in [-0.15, -0.1) is 0 Å². The van der Waals surface area contributed by atoms with E-state index in [-0.39, 0.29) is 5.91 Å². The highest BCUT2D eigenvalue weighted by atomic mass is 16.2. The van der Waals surface area contributed by atoms with Gasteiger partial charge in [-0.3, -0.25) is 9.69 Å². The van der Waals surface area contributed by atoms with Gasteiger partial charge in [-0.25, -0.2) is 9.97 Å². The predicted octanol–water partition coefficient (Wildman–Crippen LogP) is 2.51. The Morgan fingerprint density at radius 3 is 2.32 bits per heavy atom. The highest BCUT2D eigenvalue weighted by Crippen LogP contribution is 2.28. The summed E-state index contributed by atoms with van der Waals surface area (Å²) in [5.41, 5.74) is 1.97. The molecule has 1 aliphatic rings. The molecule has 0 radical (unpaired) electrons. The number of rotatable bonds is 4. The molecule has 6 heteroatoms. The lowest BCUT2D eigenvalue weighted by Crippen LogP contribution is -2.49. The van der Waals surface area contributed by atoms with Gasteiger partial charge in [0.1, 0.15) is 5.82 Å². The highest BCUT2D eigenvalue weighted by molar-refractivity contribution is 5.91. The van der Waals surface area contributed by atoms with Crippen LogP contribution in [0.3, 0.4) is 0 Å². The Balaban J connectivity index is 1.61. The van der Waals surface area contributed by atoms with Crippen molar-refractivity contribution >= 4 is 22.6 Å². The van der Waals surface area contributed by atoms with Crippen molar-refractivity contribution in [3.8, 4) is 11.4 Å². The molecule has 1 fully saturated rings. The number of amides is 1. The second kappa shape index (κ2) is 7.94.